The zero-order chi connectivity index (χ0) is 23.9. The molecule has 0 aliphatic carbocycles. The molecule has 0 saturated carbocycles. The van der Waals surface area contributed by atoms with Gasteiger partial charge in [-0.1, -0.05) is 30.7 Å². The van der Waals surface area contributed by atoms with Crippen LogP contribution in [0.4, 0.5) is 0 Å². The van der Waals surface area contributed by atoms with E-state index in [1.807, 2.05) is 6.92 Å². The second kappa shape index (κ2) is 11.1. The second-order valence-corrected chi connectivity index (χ2v) is 11.3. The van der Waals surface area contributed by atoms with Crippen molar-refractivity contribution in [1.29, 1.82) is 0 Å². The Bertz CT molecular complexity index is 1150. The summed E-state index contributed by atoms with van der Waals surface area (Å²) in [6, 6.07) is 10.2. The van der Waals surface area contributed by atoms with E-state index in [4.69, 9.17) is 16.3 Å². The van der Waals surface area contributed by atoms with E-state index in [0.717, 1.165) is 4.31 Å². The normalized spacial score (nSPS) is 12.0. The monoisotopic (exact) mass is 503 g/mol. The van der Waals surface area contributed by atoms with Gasteiger partial charge in [-0.05, 0) is 42.3 Å². The Hall–Kier alpha value is -2.18. The molecule has 0 atom stereocenters. The first kappa shape index (κ1) is 26.1. The standard InChI is InChI=1S/C20H26ClN3O6S2/c1-4-11-23-31(26,27)17-9-10-19(18(21)12-17)30-14-20(25)22-13-15-5-7-16(8-6-15)32(28,29)24(2)3/h5-10,12,23H,4,11,13-14H2,1-3H3,(H,22,25). The molecular formula is C20H26ClN3O6S2. The van der Waals surface area contributed by atoms with Crippen LogP contribution in [0.3, 0.4) is 0 Å². The summed E-state index contributed by atoms with van der Waals surface area (Å²) in [5, 5.41) is 2.72. The van der Waals surface area contributed by atoms with Gasteiger partial charge in [0, 0.05) is 27.2 Å². The van der Waals surface area contributed by atoms with Gasteiger partial charge in [-0.15, -0.1) is 0 Å². The number of ether oxygens (including phenoxy) is 1. The third-order valence-corrected chi connectivity index (χ3v) is 7.89. The van der Waals surface area contributed by atoms with E-state index in [1.165, 1.54) is 44.4 Å². The van der Waals surface area contributed by atoms with Gasteiger partial charge < -0.3 is 10.1 Å². The third kappa shape index (κ3) is 6.91. The summed E-state index contributed by atoms with van der Waals surface area (Å²) in [5.41, 5.74) is 0.711. The molecule has 0 bridgehead atoms. The number of sulfonamides is 2. The van der Waals surface area contributed by atoms with Crippen LogP contribution in [0.2, 0.25) is 5.02 Å². The van der Waals surface area contributed by atoms with Gasteiger partial charge in [0.25, 0.3) is 5.91 Å². The molecule has 2 aromatic carbocycles. The first-order valence-corrected chi connectivity index (χ1v) is 13.0. The number of nitrogens with one attached hydrogen (secondary N) is 2. The lowest BCUT2D eigenvalue weighted by Gasteiger charge is -2.12. The highest BCUT2D eigenvalue weighted by Crippen LogP contribution is 2.27. The molecule has 32 heavy (non-hydrogen) atoms. The van der Waals surface area contributed by atoms with Crippen molar-refractivity contribution in [2.75, 3.05) is 27.2 Å². The highest BCUT2D eigenvalue weighted by atomic mass is 35.5. The number of rotatable bonds is 11. The van der Waals surface area contributed by atoms with Gasteiger partial charge in [-0.25, -0.2) is 25.9 Å². The maximum atomic E-state index is 12.1. The van der Waals surface area contributed by atoms with Gasteiger partial charge in [0.2, 0.25) is 20.0 Å². The lowest BCUT2D eigenvalue weighted by Crippen LogP contribution is -2.28. The van der Waals surface area contributed by atoms with Crippen molar-refractivity contribution in [3.8, 4) is 5.75 Å². The zero-order valence-electron chi connectivity index (χ0n) is 18.0. The first-order chi connectivity index (χ1) is 15.0. The number of nitrogens with zero attached hydrogens (tertiary/aromatic N) is 1. The summed E-state index contributed by atoms with van der Waals surface area (Å²) in [5.74, 6) is -0.248. The van der Waals surface area contributed by atoms with Crippen LogP contribution in [0.5, 0.6) is 5.75 Å². The van der Waals surface area contributed by atoms with E-state index in [1.54, 1.807) is 12.1 Å². The molecule has 0 spiro atoms. The number of halogens is 1. The maximum absolute atomic E-state index is 12.1. The van der Waals surface area contributed by atoms with Gasteiger partial charge in [-0.2, -0.15) is 0 Å². The third-order valence-electron chi connectivity index (χ3n) is 4.31. The van der Waals surface area contributed by atoms with E-state index in [9.17, 15) is 21.6 Å². The molecule has 9 nitrogen and oxygen atoms in total. The molecule has 12 heteroatoms. The maximum Gasteiger partial charge on any atom is 0.258 e. The largest absolute Gasteiger partial charge is 0.482 e. The molecule has 2 rings (SSSR count). The van der Waals surface area contributed by atoms with E-state index >= 15 is 0 Å². The summed E-state index contributed by atoms with van der Waals surface area (Å²) in [4.78, 5) is 12.2. The van der Waals surface area contributed by atoms with Crippen LogP contribution in [0.15, 0.2) is 52.3 Å². The molecule has 0 aliphatic heterocycles. The first-order valence-electron chi connectivity index (χ1n) is 9.67. The molecule has 176 valence electrons. The van der Waals surface area contributed by atoms with Crippen molar-refractivity contribution in [2.24, 2.45) is 0 Å². The van der Waals surface area contributed by atoms with Crippen LogP contribution >= 0.6 is 11.6 Å². The van der Waals surface area contributed by atoms with Crippen molar-refractivity contribution >= 4 is 37.6 Å². The Kier molecular flexibility index (Phi) is 9.05. The molecular weight excluding hydrogens is 478 g/mol. The molecule has 0 heterocycles. The Morgan fingerprint density at radius 3 is 2.22 bits per heavy atom. The van der Waals surface area contributed by atoms with Gasteiger partial charge in [-0.3, -0.25) is 4.79 Å². The van der Waals surface area contributed by atoms with E-state index in [2.05, 4.69) is 10.0 Å². The molecule has 0 saturated heterocycles. The molecule has 2 N–H and O–H groups in total. The fourth-order valence-electron chi connectivity index (χ4n) is 2.47. The van der Waals surface area contributed by atoms with Crippen molar-refractivity contribution in [3.05, 3.63) is 53.1 Å². The summed E-state index contributed by atoms with van der Waals surface area (Å²) >= 11 is 6.10. The minimum absolute atomic E-state index is 0.00693. The van der Waals surface area contributed by atoms with Crippen molar-refractivity contribution < 1.29 is 26.4 Å². The average Bonchev–Trinajstić information content (AvgIpc) is 2.75. The highest BCUT2D eigenvalue weighted by Gasteiger charge is 2.17. The van der Waals surface area contributed by atoms with Gasteiger partial charge in [0.15, 0.2) is 6.61 Å². The van der Waals surface area contributed by atoms with E-state index in [-0.39, 0.29) is 33.7 Å². The van der Waals surface area contributed by atoms with Gasteiger partial charge >= 0.3 is 0 Å². The number of hydrogen-bond donors (Lipinski definition) is 2. The van der Waals surface area contributed by atoms with E-state index in [0.29, 0.717) is 18.5 Å². The van der Waals surface area contributed by atoms with Crippen molar-refractivity contribution in [1.82, 2.24) is 14.3 Å². The Morgan fingerprint density at radius 2 is 1.66 bits per heavy atom. The summed E-state index contributed by atoms with van der Waals surface area (Å²) in [6.07, 6.45) is 0.655. The fourth-order valence-corrected chi connectivity index (χ4v) is 4.83. The number of amides is 1. The molecule has 0 unspecified atom stereocenters. The summed E-state index contributed by atoms with van der Waals surface area (Å²) < 4.78 is 57.4. The van der Waals surface area contributed by atoms with Crippen LogP contribution in [0.1, 0.15) is 18.9 Å². The Morgan fingerprint density at radius 1 is 1.03 bits per heavy atom. The minimum Gasteiger partial charge on any atom is -0.482 e. The van der Waals surface area contributed by atoms with Crippen molar-refractivity contribution in [2.45, 2.75) is 29.7 Å². The lowest BCUT2D eigenvalue weighted by atomic mass is 10.2. The van der Waals surface area contributed by atoms with Crippen LogP contribution in [0.25, 0.3) is 0 Å². The highest BCUT2D eigenvalue weighted by molar-refractivity contribution is 7.89. The minimum atomic E-state index is -3.66. The number of benzene rings is 2. The van der Waals surface area contributed by atoms with Gasteiger partial charge in [0.05, 0.1) is 14.8 Å². The smallest absolute Gasteiger partial charge is 0.258 e. The average molecular weight is 504 g/mol. The second-order valence-electron chi connectivity index (χ2n) is 6.99. The predicted octanol–water partition coefficient (Wildman–Crippen LogP) is 1.97. The predicted molar refractivity (Wildman–Crippen MR) is 122 cm³/mol. The van der Waals surface area contributed by atoms with Gasteiger partial charge in [0.1, 0.15) is 5.75 Å². The molecule has 2 aromatic rings. The molecule has 0 aromatic heterocycles. The lowest BCUT2D eigenvalue weighted by molar-refractivity contribution is -0.123. The Labute approximate surface area is 193 Å². The number of carbonyl (C=O) groups excluding carboxylic acids is 1. The summed E-state index contributed by atoms with van der Waals surface area (Å²) in [6.45, 7) is 2.01. The van der Waals surface area contributed by atoms with E-state index < -0.39 is 26.0 Å². The quantitative estimate of drug-likeness (QED) is 0.483. The van der Waals surface area contributed by atoms with Crippen LogP contribution in [-0.4, -0.2) is 54.3 Å². The molecule has 1 amide bonds. The Balaban J connectivity index is 1.91. The fraction of sp³-hybridized carbons (Fsp3) is 0.350. The van der Waals surface area contributed by atoms with Crippen LogP contribution in [-0.2, 0) is 31.4 Å². The van der Waals surface area contributed by atoms with Crippen LogP contribution < -0.4 is 14.8 Å². The van der Waals surface area contributed by atoms with Crippen LogP contribution in [0, 0.1) is 0 Å². The SMILES string of the molecule is CCCNS(=O)(=O)c1ccc(OCC(=O)NCc2ccc(S(=O)(=O)N(C)C)cc2)c(Cl)c1. The molecule has 0 aliphatic rings. The number of hydrogen-bond acceptors (Lipinski definition) is 6. The zero-order valence-corrected chi connectivity index (χ0v) is 20.3. The van der Waals surface area contributed by atoms with Crippen molar-refractivity contribution in [3.63, 3.8) is 0 Å². The molecule has 0 radical (unpaired) electrons. The summed E-state index contributed by atoms with van der Waals surface area (Å²) in [7, 11) is -4.27. The topological polar surface area (TPSA) is 122 Å². The number of carbonyl (C=O) groups is 1. The molecule has 0 fully saturated rings.